The van der Waals surface area contributed by atoms with Crippen molar-refractivity contribution in [1.29, 1.82) is 0 Å². The highest BCUT2D eigenvalue weighted by Crippen LogP contribution is 2.25. The van der Waals surface area contributed by atoms with E-state index in [0.29, 0.717) is 5.92 Å². The van der Waals surface area contributed by atoms with Crippen molar-refractivity contribution in [2.75, 3.05) is 0 Å². The zero-order valence-electron chi connectivity index (χ0n) is 8.55. The van der Waals surface area contributed by atoms with Gasteiger partial charge in [-0.25, -0.2) is 4.68 Å². The maximum atomic E-state index is 5.96. The number of hydrogen-bond donors (Lipinski definition) is 0. The Morgan fingerprint density at radius 3 is 2.73 bits per heavy atom. The van der Waals surface area contributed by atoms with E-state index in [9.17, 15) is 0 Å². The Bertz CT molecular complexity index is 450. The topological polar surface area (TPSA) is 43.6 Å². The third kappa shape index (κ3) is 1.99. The summed E-state index contributed by atoms with van der Waals surface area (Å²) < 4.78 is 1.64. The highest BCUT2D eigenvalue weighted by atomic mass is 35.5. The Balaban J connectivity index is 2.56. The van der Waals surface area contributed by atoms with Crippen molar-refractivity contribution in [1.82, 2.24) is 20.2 Å². The lowest BCUT2D eigenvalue weighted by Crippen LogP contribution is -2.02. The molecule has 0 radical (unpaired) electrons. The van der Waals surface area contributed by atoms with Crippen molar-refractivity contribution < 1.29 is 0 Å². The summed E-state index contributed by atoms with van der Waals surface area (Å²) in [4.78, 5) is 0. The van der Waals surface area contributed by atoms with Gasteiger partial charge >= 0.3 is 0 Å². The Morgan fingerprint density at radius 2 is 2.13 bits per heavy atom. The van der Waals surface area contributed by atoms with Gasteiger partial charge in [-0.2, -0.15) is 0 Å². The van der Waals surface area contributed by atoms with Crippen LogP contribution in [0.4, 0.5) is 0 Å². The number of nitrogens with zero attached hydrogens (tertiary/aromatic N) is 4. The van der Waals surface area contributed by atoms with E-state index in [1.165, 1.54) is 0 Å². The molecule has 0 aliphatic carbocycles. The van der Waals surface area contributed by atoms with Gasteiger partial charge in [0.2, 0.25) is 0 Å². The number of benzene rings is 1. The van der Waals surface area contributed by atoms with Crippen LogP contribution in [-0.4, -0.2) is 20.2 Å². The normalized spacial score (nSPS) is 10.9. The molecular weight excluding hydrogens is 212 g/mol. The van der Waals surface area contributed by atoms with Crippen LogP contribution in [0.15, 0.2) is 24.5 Å². The average molecular weight is 223 g/mol. The summed E-state index contributed by atoms with van der Waals surface area (Å²) in [6.45, 7) is 4.22. The molecule has 2 aromatic rings. The van der Waals surface area contributed by atoms with Gasteiger partial charge < -0.3 is 0 Å². The highest BCUT2D eigenvalue weighted by molar-refractivity contribution is 6.30. The van der Waals surface area contributed by atoms with E-state index >= 15 is 0 Å². The summed E-state index contributed by atoms with van der Waals surface area (Å²) in [6.07, 6.45) is 1.58. The lowest BCUT2D eigenvalue weighted by atomic mass is 10.0. The summed E-state index contributed by atoms with van der Waals surface area (Å²) in [7, 11) is 0. The number of tetrazole rings is 1. The fourth-order valence-electron chi connectivity index (χ4n) is 1.47. The lowest BCUT2D eigenvalue weighted by Gasteiger charge is -2.11. The van der Waals surface area contributed by atoms with Crippen molar-refractivity contribution in [2.45, 2.75) is 19.8 Å². The van der Waals surface area contributed by atoms with Gasteiger partial charge in [0, 0.05) is 5.02 Å². The first kappa shape index (κ1) is 10.1. The molecule has 4 nitrogen and oxygen atoms in total. The Morgan fingerprint density at radius 1 is 1.33 bits per heavy atom. The predicted molar refractivity (Wildman–Crippen MR) is 58.3 cm³/mol. The van der Waals surface area contributed by atoms with Gasteiger partial charge in [0.1, 0.15) is 6.33 Å². The molecule has 0 saturated carbocycles. The van der Waals surface area contributed by atoms with Crippen molar-refractivity contribution >= 4 is 11.6 Å². The lowest BCUT2D eigenvalue weighted by molar-refractivity contribution is 0.763. The van der Waals surface area contributed by atoms with Gasteiger partial charge in [-0.15, -0.1) is 5.10 Å². The van der Waals surface area contributed by atoms with Crippen LogP contribution in [0.2, 0.25) is 5.02 Å². The quantitative estimate of drug-likeness (QED) is 0.784. The smallest absolute Gasteiger partial charge is 0.143 e. The second-order valence-electron chi connectivity index (χ2n) is 3.61. The standard InChI is InChI=1S/C10H11ClN4/c1-7(2)9-5-8(11)3-4-10(9)15-6-12-13-14-15/h3-7H,1-2H3. The molecule has 0 spiro atoms. The average Bonchev–Trinajstić information content (AvgIpc) is 2.70. The van der Waals surface area contributed by atoms with Crippen LogP contribution in [0, 0.1) is 0 Å². The predicted octanol–water partition coefficient (Wildman–Crippen LogP) is 2.44. The van der Waals surface area contributed by atoms with Crippen LogP contribution in [-0.2, 0) is 0 Å². The number of halogens is 1. The molecule has 0 bridgehead atoms. The second kappa shape index (κ2) is 3.98. The number of rotatable bonds is 2. The molecule has 1 aromatic carbocycles. The van der Waals surface area contributed by atoms with Crippen molar-refractivity contribution in [3.05, 3.63) is 35.1 Å². The zero-order chi connectivity index (χ0) is 10.8. The van der Waals surface area contributed by atoms with E-state index in [2.05, 4.69) is 29.4 Å². The summed E-state index contributed by atoms with van der Waals surface area (Å²) in [5.74, 6) is 0.378. The van der Waals surface area contributed by atoms with Gasteiger partial charge in [-0.3, -0.25) is 0 Å². The maximum absolute atomic E-state index is 5.96. The molecule has 0 aliphatic heterocycles. The summed E-state index contributed by atoms with van der Waals surface area (Å²) in [5.41, 5.74) is 2.11. The van der Waals surface area contributed by atoms with E-state index in [0.717, 1.165) is 16.3 Å². The molecule has 1 aromatic heterocycles. The van der Waals surface area contributed by atoms with Crippen LogP contribution >= 0.6 is 11.6 Å². The molecular formula is C10H11ClN4. The van der Waals surface area contributed by atoms with E-state index in [4.69, 9.17) is 11.6 Å². The van der Waals surface area contributed by atoms with Crippen molar-refractivity contribution in [3.8, 4) is 5.69 Å². The molecule has 2 rings (SSSR count). The van der Waals surface area contributed by atoms with Gasteiger partial charge in [0.15, 0.2) is 0 Å². The molecule has 0 atom stereocenters. The first-order valence-corrected chi connectivity index (χ1v) is 5.09. The van der Waals surface area contributed by atoms with E-state index in [1.54, 1.807) is 11.0 Å². The Labute approximate surface area is 92.9 Å². The van der Waals surface area contributed by atoms with Gasteiger partial charge in [0.25, 0.3) is 0 Å². The molecule has 0 saturated heterocycles. The van der Waals surface area contributed by atoms with Gasteiger partial charge in [0.05, 0.1) is 5.69 Å². The van der Waals surface area contributed by atoms with E-state index < -0.39 is 0 Å². The van der Waals surface area contributed by atoms with Crippen LogP contribution in [0.3, 0.4) is 0 Å². The summed E-state index contributed by atoms with van der Waals surface area (Å²) in [6, 6.07) is 5.71. The first-order valence-electron chi connectivity index (χ1n) is 4.71. The molecule has 0 unspecified atom stereocenters. The van der Waals surface area contributed by atoms with Crippen LogP contribution < -0.4 is 0 Å². The summed E-state index contributed by atoms with van der Waals surface area (Å²) in [5, 5.41) is 11.8. The molecule has 0 N–H and O–H groups in total. The highest BCUT2D eigenvalue weighted by Gasteiger charge is 2.09. The molecule has 15 heavy (non-hydrogen) atoms. The van der Waals surface area contributed by atoms with Crippen LogP contribution in [0.25, 0.3) is 5.69 Å². The largest absolute Gasteiger partial charge is 0.200 e. The number of aromatic nitrogens is 4. The minimum Gasteiger partial charge on any atom is -0.200 e. The van der Waals surface area contributed by atoms with Crippen LogP contribution in [0.1, 0.15) is 25.3 Å². The molecule has 78 valence electrons. The van der Waals surface area contributed by atoms with E-state index in [1.807, 2.05) is 18.2 Å². The fraction of sp³-hybridized carbons (Fsp3) is 0.300. The molecule has 5 heteroatoms. The van der Waals surface area contributed by atoms with Crippen molar-refractivity contribution in [2.24, 2.45) is 0 Å². The third-order valence-electron chi connectivity index (χ3n) is 2.21. The maximum Gasteiger partial charge on any atom is 0.143 e. The van der Waals surface area contributed by atoms with Gasteiger partial charge in [-0.05, 0) is 40.1 Å². The Kier molecular flexibility index (Phi) is 2.68. The van der Waals surface area contributed by atoms with Gasteiger partial charge in [-0.1, -0.05) is 25.4 Å². The SMILES string of the molecule is CC(C)c1cc(Cl)ccc1-n1cnnn1. The first-order chi connectivity index (χ1) is 7.18. The third-order valence-corrected chi connectivity index (χ3v) is 2.44. The second-order valence-corrected chi connectivity index (χ2v) is 4.05. The van der Waals surface area contributed by atoms with Crippen LogP contribution in [0.5, 0.6) is 0 Å². The Hall–Kier alpha value is -1.42. The molecule has 1 heterocycles. The molecule has 0 aliphatic rings. The monoisotopic (exact) mass is 222 g/mol. The number of hydrogen-bond acceptors (Lipinski definition) is 3. The fourth-order valence-corrected chi connectivity index (χ4v) is 1.65. The minimum atomic E-state index is 0.378. The molecule has 0 amide bonds. The minimum absolute atomic E-state index is 0.378. The van der Waals surface area contributed by atoms with E-state index in [-0.39, 0.29) is 0 Å². The van der Waals surface area contributed by atoms with Crippen molar-refractivity contribution in [3.63, 3.8) is 0 Å². The summed E-state index contributed by atoms with van der Waals surface area (Å²) >= 11 is 5.96. The zero-order valence-corrected chi connectivity index (χ0v) is 9.31. The molecule has 0 fully saturated rings.